The Bertz CT molecular complexity index is 608. The lowest BCUT2D eigenvalue weighted by Crippen LogP contribution is -2.21. The molecule has 2 N–H and O–H groups in total. The summed E-state index contributed by atoms with van der Waals surface area (Å²) in [6.45, 7) is 1.75. The van der Waals surface area contributed by atoms with Crippen molar-refractivity contribution < 1.29 is 0 Å². The molecule has 0 saturated heterocycles. The van der Waals surface area contributed by atoms with Crippen LogP contribution >= 0.6 is 24.8 Å². The number of fused-ring (bicyclic) bond motifs is 2. The minimum Gasteiger partial charge on any atom is -0.351 e. The van der Waals surface area contributed by atoms with Crippen molar-refractivity contribution in [1.29, 1.82) is 0 Å². The summed E-state index contributed by atoms with van der Waals surface area (Å²) in [6, 6.07) is 9.07. The Hall–Kier alpha value is -1.36. The van der Waals surface area contributed by atoms with Crippen LogP contribution in [0.4, 0.5) is 5.95 Å². The second-order valence-electron chi connectivity index (χ2n) is 5.29. The van der Waals surface area contributed by atoms with Crippen LogP contribution in [0.15, 0.2) is 30.5 Å². The summed E-state index contributed by atoms with van der Waals surface area (Å²) in [7, 11) is 0. The second kappa shape index (κ2) is 6.60. The van der Waals surface area contributed by atoms with Gasteiger partial charge in [-0.2, -0.15) is 0 Å². The Kier molecular flexibility index (Phi) is 5.04. The first-order valence-corrected chi connectivity index (χ1v) is 6.77. The molecule has 1 aliphatic heterocycles. The van der Waals surface area contributed by atoms with E-state index < -0.39 is 0 Å². The van der Waals surface area contributed by atoms with Gasteiger partial charge in [0.15, 0.2) is 0 Å². The molecule has 0 amide bonds. The van der Waals surface area contributed by atoms with E-state index >= 15 is 0 Å². The third-order valence-electron chi connectivity index (χ3n) is 3.95. The summed E-state index contributed by atoms with van der Waals surface area (Å²) < 4.78 is 0. The van der Waals surface area contributed by atoms with Crippen LogP contribution < -0.4 is 10.6 Å². The number of anilines is 1. The lowest BCUT2D eigenvalue weighted by molar-refractivity contribution is 0.750. The highest BCUT2D eigenvalue weighted by molar-refractivity contribution is 5.85. The fraction of sp³-hybridized carbons (Fsp3) is 0.333. The molecule has 112 valence electrons. The van der Waals surface area contributed by atoms with Crippen LogP contribution in [0, 0.1) is 0 Å². The van der Waals surface area contributed by atoms with Gasteiger partial charge in [-0.1, -0.05) is 24.3 Å². The second-order valence-corrected chi connectivity index (χ2v) is 5.29. The SMILES string of the molecule is Cl.Cl.c1ccc2c(c1)CC(Nc1ncc3c(n1)CNC3)C2. The molecule has 0 spiro atoms. The Morgan fingerprint density at radius 1 is 1.00 bits per heavy atom. The highest BCUT2D eigenvalue weighted by Crippen LogP contribution is 2.24. The third kappa shape index (κ3) is 3.12. The molecular formula is C15H18Cl2N4. The molecule has 0 unspecified atom stereocenters. The molecule has 0 atom stereocenters. The van der Waals surface area contributed by atoms with Crippen molar-refractivity contribution in [2.24, 2.45) is 0 Å². The Morgan fingerprint density at radius 2 is 1.71 bits per heavy atom. The summed E-state index contributed by atoms with van der Waals surface area (Å²) >= 11 is 0. The molecule has 2 aromatic rings. The van der Waals surface area contributed by atoms with E-state index in [1.165, 1.54) is 16.7 Å². The topological polar surface area (TPSA) is 49.8 Å². The largest absolute Gasteiger partial charge is 0.351 e. The molecule has 1 aromatic heterocycles. The number of benzene rings is 1. The number of hydrogen-bond acceptors (Lipinski definition) is 4. The molecule has 21 heavy (non-hydrogen) atoms. The summed E-state index contributed by atoms with van der Waals surface area (Å²) in [4.78, 5) is 9.01. The molecular weight excluding hydrogens is 307 g/mol. The number of hydrogen-bond donors (Lipinski definition) is 2. The highest BCUT2D eigenvalue weighted by atomic mass is 35.5. The van der Waals surface area contributed by atoms with E-state index in [0.29, 0.717) is 6.04 Å². The number of halogens is 2. The van der Waals surface area contributed by atoms with Gasteiger partial charge in [0.2, 0.25) is 5.95 Å². The minimum atomic E-state index is 0. The van der Waals surface area contributed by atoms with Crippen LogP contribution in [-0.4, -0.2) is 16.0 Å². The van der Waals surface area contributed by atoms with Gasteiger partial charge < -0.3 is 10.6 Å². The van der Waals surface area contributed by atoms with Gasteiger partial charge in [-0.05, 0) is 24.0 Å². The molecule has 0 fully saturated rings. The lowest BCUT2D eigenvalue weighted by Gasteiger charge is -2.12. The zero-order valence-electron chi connectivity index (χ0n) is 11.5. The summed E-state index contributed by atoms with van der Waals surface area (Å²) in [5.74, 6) is 0.764. The maximum Gasteiger partial charge on any atom is 0.223 e. The molecule has 0 saturated carbocycles. The quantitative estimate of drug-likeness (QED) is 0.891. The molecule has 6 heteroatoms. The van der Waals surface area contributed by atoms with Gasteiger partial charge in [0.1, 0.15) is 0 Å². The highest BCUT2D eigenvalue weighted by Gasteiger charge is 2.22. The van der Waals surface area contributed by atoms with Gasteiger partial charge in [-0.3, -0.25) is 0 Å². The zero-order chi connectivity index (χ0) is 12.7. The molecule has 4 rings (SSSR count). The van der Waals surface area contributed by atoms with Gasteiger partial charge in [0.25, 0.3) is 0 Å². The van der Waals surface area contributed by atoms with E-state index in [2.05, 4.69) is 44.9 Å². The average molecular weight is 325 g/mol. The molecule has 0 radical (unpaired) electrons. The minimum absolute atomic E-state index is 0. The normalized spacial score (nSPS) is 15.6. The summed E-state index contributed by atoms with van der Waals surface area (Å²) in [5, 5.41) is 6.76. The van der Waals surface area contributed by atoms with E-state index in [1.54, 1.807) is 0 Å². The average Bonchev–Trinajstić information content (AvgIpc) is 3.03. The zero-order valence-corrected chi connectivity index (χ0v) is 13.1. The Balaban J connectivity index is 0.000000807. The molecule has 0 bridgehead atoms. The first kappa shape index (κ1) is 16.0. The summed E-state index contributed by atoms with van der Waals surface area (Å²) in [6.07, 6.45) is 4.07. The molecule has 4 nitrogen and oxygen atoms in total. The van der Waals surface area contributed by atoms with Crippen molar-refractivity contribution in [3.63, 3.8) is 0 Å². The van der Waals surface area contributed by atoms with Crippen LogP contribution in [0.25, 0.3) is 0 Å². The molecule has 1 aliphatic carbocycles. The van der Waals surface area contributed by atoms with Gasteiger partial charge in [0, 0.05) is 30.9 Å². The first-order valence-electron chi connectivity index (χ1n) is 6.77. The van der Waals surface area contributed by atoms with Gasteiger partial charge in [-0.15, -0.1) is 24.8 Å². The van der Waals surface area contributed by atoms with Gasteiger partial charge in [0.05, 0.1) is 5.69 Å². The number of nitrogens with one attached hydrogen (secondary N) is 2. The van der Waals surface area contributed by atoms with Crippen molar-refractivity contribution in [2.45, 2.75) is 32.0 Å². The van der Waals surface area contributed by atoms with Crippen molar-refractivity contribution >= 4 is 30.8 Å². The predicted octanol–water partition coefficient (Wildman–Crippen LogP) is 2.50. The fourth-order valence-corrected chi connectivity index (χ4v) is 2.97. The van der Waals surface area contributed by atoms with Crippen LogP contribution in [0.1, 0.15) is 22.4 Å². The van der Waals surface area contributed by atoms with Crippen molar-refractivity contribution in [3.8, 4) is 0 Å². The van der Waals surface area contributed by atoms with E-state index in [4.69, 9.17) is 0 Å². The monoisotopic (exact) mass is 324 g/mol. The Morgan fingerprint density at radius 3 is 2.43 bits per heavy atom. The van der Waals surface area contributed by atoms with E-state index in [-0.39, 0.29) is 24.8 Å². The van der Waals surface area contributed by atoms with E-state index in [0.717, 1.165) is 37.6 Å². The van der Waals surface area contributed by atoms with Crippen LogP contribution in [0.5, 0.6) is 0 Å². The van der Waals surface area contributed by atoms with E-state index in [1.807, 2.05) is 6.20 Å². The molecule has 2 heterocycles. The van der Waals surface area contributed by atoms with Gasteiger partial charge in [-0.25, -0.2) is 9.97 Å². The van der Waals surface area contributed by atoms with Crippen molar-refractivity contribution in [3.05, 3.63) is 52.8 Å². The summed E-state index contributed by atoms with van der Waals surface area (Å²) in [5.41, 5.74) is 5.25. The number of nitrogens with zero attached hydrogens (tertiary/aromatic N) is 2. The number of aromatic nitrogens is 2. The van der Waals surface area contributed by atoms with Crippen molar-refractivity contribution in [2.75, 3.05) is 5.32 Å². The van der Waals surface area contributed by atoms with Crippen molar-refractivity contribution in [1.82, 2.24) is 15.3 Å². The van der Waals surface area contributed by atoms with Gasteiger partial charge >= 0.3 is 0 Å². The van der Waals surface area contributed by atoms with Crippen LogP contribution in [0.2, 0.25) is 0 Å². The molecule has 1 aromatic carbocycles. The number of rotatable bonds is 2. The maximum atomic E-state index is 4.59. The fourth-order valence-electron chi connectivity index (χ4n) is 2.97. The predicted molar refractivity (Wildman–Crippen MR) is 88.3 cm³/mol. The Labute approximate surface area is 136 Å². The maximum absolute atomic E-state index is 4.59. The lowest BCUT2D eigenvalue weighted by atomic mass is 10.1. The van der Waals surface area contributed by atoms with Crippen LogP contribution in [0.3, 0.4) is 0 Å². The molecule has 2 aliphatic rings. The third-order valence-corrected chi connectivity index (χ3v) is 3.95. The smallest absolute Gasteiger partial charge is 0.223 e. The first-order chi connectivity index (χ1) is 9.38. The van der Waals surface area contributed by atoms with Crippen LogP contribution in [-0.2, 0) is 25.9 Å². The standard InChI is InChI=1S/C15H16N4.2ClH/c1-2-4-11-6-13(5-10(11)3-1)18-15-17-8-12-7-16-9-14(12)19-15;;/h1-4,8,13,16H,5-7,9H2,(H,17,18,19);2*1H. The van der Waals surface area contributed by atoms with E-state index in [9.17, 15) is 0 Å².